The third-order valence-corrected chi connectivity index (χ3v) is 4.50. The second-order valence-electron chi connectivity index (χ2n) is 6.19. The molecule has 2 aromatic carbocycles. The number of ether oxygens (including phenoxy) is 1. The molecule has 1 amide bonds. The van der Waals surface area contributed by atoms with Crippen molar-refractivity contribution >= 4 is 6.09 Å². The molecule has 0 aromatic heterocycles. The van der Waals surface area contributed by atoms with E-state index in [1.807, 2.05) is 60.7 Å². The van der Waals surface area contributed by atoms with Crippen LogP contribution in [0.15, 0.2) is 60.7 Å². The van der Waals surface area contributed by atoms with Crippen LogP contribution in [0, 0.1) is 0 Å². The Hall–Kier alpha value is -2.33. The van der Waals surface area contributed by atoms with E-state index in [1.165, 1.54) is 0 Å². The smallest absolute Gasteiger partial charge is 0.410 e. The van der Waals surface area contributed by atoms with Crippen LogP contribution in [0.1, 0.15) is 36.5 Å². The van der Waals surface area contributed by atoms with Gasteiger partial charge in [-0.3, -0.25) is 0 Å². The Morgan fingerprint density at radius 1 is 1.12 bits per heavy atom. The highest BCUT2D eigenvalue weighted by molar-refractivity contribution is 5.68. The summed E-state index contributed by atoms with van der Waals surface area (Å²) in [5.74, 6) is 0. The predicted octanol–water partition coefficient (Wildman–Crippen LogP) is 3.91. The Bertz CT molecular complexity index is 644. The Morgan fingerprint density at radius 3 is 2.50 bits per heavy atom. The van der Waals surface area contributed by atoms with Crippen molar-refractivity contribution in [3.05, 3.63) is 71.8 Å². The van der Waals surface area contributed by atoms with E-state index in [2.05, 4.69) is 0 Å². The summed E-state index contributed by atoms with van der Waals surface area (Å²) in [6.45, 7) is 0.976. The van der Waals surface area contributed by atoms with Gasteiger partial charge >= 0.3 is 6.09 Å². The summed E-state index contributed by atoms with van der Waals surface area (Å²) >= 11 is 0. The first kappa shape index (κ1) is 16.5. The molecule has 126 valence electrons. The van der Waals surface area contributed by atoms with Crippen molar-refractivity contribution in [2.75, 3.05) is 6.54 Å². The van der Waals surface area contributed by atoms with Crippen LogP contribution in [0.5, 0.6) is 0 Å². The van der Waals surface area contributed by atoms with Gasteiger partial charge in [0, 0.05) is 12.6 Å². The fourth-order valence-electron chi connectivity index (χ4n) is 3.19. The van der Waals surface area contributed by atoms with Crippen LogP contribution in [-0.4, -0.2) is 28.7 Å². The second kappa shape index (κ2) is 7.97. The molecule has 0 spiro atoms. The maximum Gasteiger partial charge on any atom is 0.410 e. The summed E-state index contributed by atoms with van der Waals surface area (Å²) in [4.78, 5) is 14.1. The lowest BCUT2D eigenvalue weighted by Gasteiger charge is -2.26. The predicted molar refractivity (Wildman–Crippen MR) is 92.4 cm³/mol. The molecular weight excluding hydrogens is 302 g/mol. The molecule has 4 nitrogen and oxygen atoms in total. The van der Waals surface area contributed by atoms with Gasteiger partial charge in [0.15, 0.2) is 0 Å². The number of rotatable bonds is 5. The summed E-state index contributed by atoms with van der Waals surface area (Å²) in [7, 11) is 0. The van der Waals surface area contributed by atoms with Crippen LogP contribution in [0.3, 0.4) is 0 Å². The van der Waals surface area contributed by atoms with Crippen LogP contribution in [0.4, 0.5) is 4.79 Å². The summed E-state index contributed by atoms with van der Waals surface area (Å²) in [6.07, 6.45) is 1.56. The molecule has 1 fully saturated rings. The van der Waals surface area contributed by atoms with Gasteiger partial charge in [0.05, 0.1) is 6.10 Å². The number of carbonyl (C=O) groups excluding carboxylic acids is 1. The molecular formula is C20H23NO3. The molecule has 1 N–H and O–H groups in total. The maximum absolute atomic E-state index is 12.4. The van der Waals surface area contributed by atoms with E-state index in [1.54, 1.807) is 4.90 Å². The molecule has 24 heavy (non-hydrogen) atoms. The van der Waals surface area contributed by atoms with Crippen molar-refractivity contribution < 1.29 is 14.6 Å². The first-order valence-corrected chi connectivity index (χ1v) is 8.44. The van der Waals surface area contributed by atoms with E-state index < -0.39 is 6.10 Å². The number of hydrogen-bond acceptors (Lipinski definition) is 3. The van der Waals surface area contributed by atoms with Crippen LogP contribution in [0.25, 0.3) is 0 Å². The highest BCUT2D eigenvalue weighted by atomic mass is 16.6. The summed E-state index contributed by atoms with van der Waals surface area (Å²) in [5.41, 5.74) is 1.87. The van der Waals surface area contributed by atoms with Gasteiger partial charge in [0.1, 0.15) is 6.61 Å². The van der Waals surface area contributed by atoms with Gasteiger partial charge in [-0.2, -0.15) is 0 Å². The van der Waals surface area contributed by atoms with Crippen molar-refractivity contribution in [1.29, 1.82) is 0 Å². The Morgan fingerprint density at radius 2 is 1.79 bits per heavy atom. The number of aliphatic hydroxyl groups excluding tert-OH is 1. The van der Waals surface area contributed by atoms with Crippen molar-refractivity contribution in [2.24, 2.45) is 0 Å². The monoisotopic (exact) mass is 325 g/mol. The van der Waals surface area contributed by atoms with E-state index in [-0.39, 0.29) is 18.7 Å². The fraction of sp³-hybridized carbons (Fsp3) is 0.350. The molecule has 2 atom stereocenters. The van der Waals surface area contributed by atoms with Gasteiger partial charge in [0.25, 0.3) is 0 Å². The molecule has 1 aliphatic heterocycles. The number of likely N-dealkylation sites (tertiary alicyclic amines) is 1. The number of amides is 1. The minimum atomic E-state index is -0.557. The minimum Gasteiger partial charge on any atom is -0.445 e. The summed E-state index contributed by atoms with van der Waals surface area (Å²) in [5, 5.41) is 10.4. The van der Waals surface area contributed by atoms with Crippen molar-refractivity contribution in [3.8, 4) is 0 Å². The van der Waals surface area contributed by atoms with Gasteiger partial charge in [-0.05, 0) is 30.4 Å². The molecule has 0 bridgehead atoms. The van der Waals surface area contributed by atoms with Crippen LogP contribution in [0.2, 0.25) is 0 Å². The third-order valence-electron chi connectivity index (χ3n) is 4.50. The second-order valence-corrected chi connectivity index (χ2v) is 6.19. The zero-order valence-electron chi connectivity index (χ0n) is 13.7. The normalized spacial score (nSPS) is 18.4. The quantitative estimate of drug-likeness (QED) is 0.906. The molecule has 0 radical (unpaired) electrons. The topological polar surface area (TPSA) is 49.8 Å². The average Bonchev–Trinajstić information content (AvgIpc) is 3.09. The molecule has 4 heteroatoms. The Labute approximate surface area is 142 Å². The van der Waals surface area contributed by atoms with Gasteiger partial charge in [-0.15, -0.1) is 0 Å². The zero-order valence-corrected chi connectivity index (χ0v) is 13.7. The number of aliphatic hydroxyl groups is 1. The number of hydrogen-bond donors (Lipinski definition) is 1. The largest absolute Gasteiger partial charge is 0.445 e. The summed E-state index contributed by atoms with van der Waals surface area (Å²) in [6, 6.07) is 19.3. The lowest BCUT2D eigenvalue weighted by Crippen LogP contribution is -2.36. The first-order chi connectivity index (χ1) is 11.7. The lowest BCUT2D eigenvalue weighted by atomic mass is 10.0. The molecule has 1 aliphatic rings. The lowest BCUT2D eigenvalue weighted by molar-refractivity contribution is 0.0763. The minimum absolute atomic E-state index is 0.0310. The highest BCUT2D eigenvalue weighted by Crippen LogP contribution is 2.28. The average molecular weight is 325 g/mol. The van der Waals surface area contributed by atoms with Crippen LogP contribution in [-0.2, 0) is 11.3 Å². The highest BCUT2D eigenvalue weighted by Gasteiger charge is 2.31. The van der Waals surface area contributed by atoms with E-state index >= 15 is 0 Å². The van der Waals surface area contributed by atoms with Crippen molar-refractivity contribution in [3.63, 3.8) is 0 Å². The van der Waals surface area contributed by atoms with Crippen molar-refractivity contribution in [1.82, 2.24) is 4.90 Å². The molecule has 3 rings (SSSR count). The van der Waals surface area contributed by atoms with Crippen LogP contribution < -0.4 is 0 Å². The molecule has 2 aromatic rings. The maximum atomic E-state index is 12.4. The van der Waals surface area contributed by atoms with E-state index in [0.29, 0.717) is 13.0 Å². The van der Waals surface area contributed by atoms with E-state index in [4.69, 9.17) is 4.74 Å². The molecule has 0 saturated carbocycles. The SMILES string of the molecule is O=C(OCc1ccccc1)N1CCCC1CC(O)c1ccccc1. The van der Waals surface area contributed by atoms with E-state index in [0.717, 1.165) is 24.0 Å². The summed E-state index contributed by atoms with van der Waals surface area (Å²) < 4.78 is 5.43. The molecule has 1 heterocycles. The zero-order chi connectivity index (χ0) is 16.8. The van der Waals surface area contributed by atoms with Gasteiger partial charge in [0.2, 0.25) is 0 Å². The number of carbonyl (C=O) groups is 1. The van der Waals surface area contributed by atoms with Crippen LogP contribution >= 0.6 is 0 Å². The number of nitrogens with zero attached hydrogens (tertiary/aromatic N) is 1. The Kier molecular flexibility index (Phi) is 5.49. The van der Waals surface area contributed by atoms with E-state index in [9.17, 15) is 9.90 Å². The fourth-order valence-corrected chi connectivity index (χ4v) is 3.19. The molecule has 1 saturated heterocycles. The van der Waals surface area contributed by atoms with Gasteiger partial charge in [-0.25, -0.2) is 4.79 Å². The third kappa shape index (κ3) is 4.15. The Balaban J connectivity index is 1.55. The first-order valence-electron chi connectivity index (χ1n) is 8.44. The van der Waals surface area contributed by atoms with Gasteiger partial charge < -0.3 is 14.7 Å². The van der Waals surface area contributed by atoms with Gasteiger partial charge in [-0.1, -0.05) is 60.7 Å². The van der Waals surface area contributed by atoms with Crippen molar-refractivity contribution in [2.45, 2.75) is 38.0 Å². The standard InChI is InChI=1S/C20H23NO3/c22-19(17-10-5-2-6-11-17)14-18-12-7-13-21(18)20(23)24-15-16-8-3-1-4-9-16/h1-6,8-11,18-19,22H,7,12-15H2. The number of benzene rings is 2. The molecule has 2 unspecified atom stereocenters. The molecule has 0 aliphatic carbocycles.